The predicted molar refractivity (Wildman–Crippen MR) is 95.1 cm³/mol. The molecule has 4 heteroatoms. The smallest absolute Gasteiger partial charge is 0.174 e. The minimum absolute atomic E-state index is 0.608. The number of nitrogens with one attached hydrogen (secondary N) is 1. The average molecular weight is 364 g/mol. The molecule has 0 aromatic heterocycles. The Morgan fingerprint density at radius 3 is 2.64 bits per heavy atom. The van der Waals surface area contributed by atoms with E-state index in [1.807, 2.05) is 13.0 Å². The van der Waals surface area contributed by atoms with E-state index < -0.39 is 0 Å². The maximum atomic E-state index is 5.66. The highest BCUT2D eigenvalue weighted by Gasteiger charge is 2.11. The summed E-state index contributed by atoms with van der Waals surface area (Å²) in [5, 5.41) is 3.49. The summed E-state index contributed by atoms with van der Waals surface area (Å²) in [6, 6.07) is 10.4. The second-order valence-corrected chi connectivity index (χ2v) is 6.00. The highest BCUT2D eigenvalue weighted by molar-refractivity contribution is 9.10. The van der Waals surface area contributed by atoms with Crippen LogP contribution in [0.25, 0.3) is 0 Å². The Bertz CT molecular complexity index is 656. The SMILES string of the molecule is CCOc1cc(CNc2cccc(C)c2C)cc(Br)c1OC. The maximum absolute atomic E-state index is 5.66. The Morgan fingerprint density at radius 1 is 1.18 bits per heavy atom. The van der Waals surface area contributed by atoms with E-state index in [-0.39, 0.29) is 0 Å². The van der Waals surface area contributed by atoms with Crippen molar-refractivity contribution >= 4 is 21.6 Å². The highest BCUT2D eigenvalue weighted by Crippen LogP contribution is 2.36. The molecule has 0 aliphatic heterocycles. The monoisotopic (exact) mass is 363 g/mol. The van der Waals surface area contributed by atoms with Gasteiger partial charge in [-0.15, -0.1) is 0 Å². The molecule has 2 aromatic carbocycles. The van der Waals surface area contributed by atoms with E-state index in [4.69, 9.17) is 9.47 Å². The number of ether oxygens (including phenoxy) is 2. The first-order valence-corrected chi connectivity index (χ1v) is 8.15. The number of methoxy groups -OCH3 is 1. The molecule has 0 radical (unpaired) electrons. The van der Waals surface area contributed by atoms with Gasteiger partial charge < -0.3 is 14.8 Å². The van der Waals surface area contributed by atoms with E-state index in [2.05, 4.69) is 59.4 Å². The fraction of sp³-hybridized carbons (Fsp3) is 0.333. The van der Waals surface area contributed by atoms with Crippen molar-refractivity contribution in [3.8, 4) is 11.5 Å². The molecule has 0 amide bonds. The van der Waals surface area contributed by atoms with Crippen LogP contribution in [0.5, 0.6) is 11.5 Å². The zero-order valence-electron chi connectivity index (χ0n) is 13.5. The van der Waals surface area contributed by atoms with Crippen LogP contribution >= 0.6 is 15.9 Å². The van der Waals surface area contributed by atoms with Crippen molar-refractivity contribution in [2.24, 2.45) is 0 Å². The van der Waals surface area contributed by atoms with Crippen molar-refractivity contribution in [2.45, 2.75) is 27.3 Å². The third-order valence-corrected chi connectivity index (χ3v) is 4.25. The van der Waals surface area contributed by atoms with E-state index in [1.54, 1.807) is 7.11 Å². The van der Waals surface area contributed by atoms with Crippen LogP contribution in [0.15, 0.2) is 34.8 Å². The van der Waals surface area contributed by atoms with Gasteiger partial charge in [-0.2, -0.15) is 0 Å². The summed E-state index contributed by atoms with van der Waals surface area (Å²) in [4.78, 5) is 0. The quantitative estimate of drug-likeness (QED) is 0.775. The standard InChI is InChI=1S/C18H22BrNO2/c1-5-22-17-10-14(9-15(19)18(17)21-4)11-20-16-8-6-7-12(2)13(16)3/h6-10,20H,5,11H2,1-4H3. The van der Waals surface area contributed by atoms with Gasteiger partial charge in [0, 0.05) is 12.2 Å². The maximum Gasteiger partial charge on any atom is 0.174 e. The molecule has 0 saturated carbocycles. The minimum atomic E-state index is 0.608. The molecular weight excluding hydrogens is 342 g/mol. The number of benzene rings is 2. The van der Waals surface area contributed by atoms with Gasteiger partial charge >= 0.3 is 0 Å². The molecule has 22 heavy (non-hydrogen) atoms. The molecule has 0 heterocycles. The van der Waals surface area contributed by atoms with E-state index >= 15 is 0 Å². The fourth-order valence-electron chi connectivity index (χ4n) is 2.32. The molecule has 3 nitrogen and oxygen atoms in total. The van der Waals surface area contributed by atoms with Gasteiger partial charge in [0.2, 0.25) is 0 Å². The number of hydrogen-bond donors (Lipinski definition) is 1. The highest BCUT2D eigenvalue weighted by atomic mass is 79.9. The Morgan fingerprint density at radius 2 is 1.95 bits per heavy atom. The summed E-state index contributed by atoms with van der Waals surface area (Å²) < 4.78 is 12.0. The number of anilines is 1. The molecule has 0 saturated heterocycles. The molecule has 2 rings (SSSR count). The predicted octanol–water partition coefficient (Wildman–Crippen LogP) is 5.09. The van der Waals surface area contributed by atoms with Crippen molar-refractivity contribution < 1.29 is 9.47 Å². The third-order valence-electron chi connectivity index (χ3n) is 3.66. The molecule has 0 bridgehead atoms. The molecule has 1 N–H and O–H groups in total. The van der Waals surface area contributed by atoms with Gasteiger partial charge in [0.25, 0.3) is 0 Å². The van der Waals surface area contributed by atoms with Crippen LogP contribution in [0.3, 0.4) is 0 Å². The van der Waals surface area contributed by atoms with Crippen LogP contribution < -0.4 is 14.8 Å². The van der Waals surface area contributed by atoms with Crippen molar-refractivity contribution in [3.63, 3.8) is 0 Å². The summed E-state index contributed by atoms with van der Waals surface area (Å²) in [6.45, 7) is 7.56. The number of aryl methyl sites for hydroxylation is 1. The Balaban J connectivity index is 2.21. The molecule has 0 atom stereocenters. The van der Waals surface area contributed by atoms with E-state index in [1.165, 1.54) is 11.1 Å². The second kappa shape index (κ2) is 7.54. The zero-order valence-corrected chi connectivity index (χ0v) is 15.1. The minimum Gasteiger partial charge on any atom is -0.492 e. The molecule has 2 aromatic rings. The van der Waals surface area contributed by atoms with E-state index in [0.29, 0.717) is 6.61 Å². The molecule has 0 unspecified atom stereocenters. The molecule has 0 aliphatic carbocycles. The van der Waals surface area contributed by atoms with Crippen LogP contribution in [0.2, 0.25) is 0 Å². The molecular formula is C18H22BrNO2. The van der Waals surface area contributed by atoms with E-state index in [9.17, 15) is 0 Å². The molecule has 118 valence electrons. The summed E-state index contributed by atoms with van der Waals surface area (Å²) in [5.41, 5.74) is 4.86. The normalized spacial score (nSPS) is 10.4. The summed E-state index contributed by atoms with van der Waals surface area (Å²) >= 11 is 3.55. The van der Waals surface area contributed by atoms with Crippen molar-refractivity contribution in [1.82, 2.24) is 0 Å². The average Bonchev–Trinajstić information content (AvgIpc) is 2.49. The van der Waals surface area contributed by atoms with Crippen LogP contribution in [-0.2, 0) is 6.54 Å². The first-order valence-electron chi connectivity index (χ1n) is 7.36. The van der Waals surface area contributed by atoms with Gasteiger partial charge in [0.15, 0.2) is 11.5 Å². The van der Waals surface area contributed by atoms with Gasteiger partial charge in [-0.1, -0.05) is 12.1 Å². The van der Waals surface area contributed by atoms with Crippen molar-refractivity contribution in [2.75, 3.05) is 19.0 Å². The van der Waals surface area contributed by atoms with Gasteiger partial charge in [0.05, 0.1) is 18.2 Å². The van der Waals surface area contributed by atoms with Crippen LogP contribution in [-0.4, -0.2) is 13.7 Å². The second-order valence-electron chi connectivity index (χ2n) is 5.14. The molecule has 0 aliphatic rings. The first kappa shape index (κ1) is 16.7. The zero-order chi connectivity index (χ0) is 16.1. The lowest BCUT2D eigenvalue weighted by atomic mass is 10.1. The molecule has 0 spiro atoms. The number of hydrogen-bond acceptors (Lipinski definition) is 3. The van der Waals surface area contributed by atoms with Gasteiger partial charge in [-0.05, 0) is 71.6 Å². The molecule has 0 fully saturated rings. The van der Waals surface area contributed by atoms with Gasteiger partial charge in [-0.3, -0.25) is 0 Å². The Kier molecular flexibility index (Phi) is 5.72. The lowest BCUT2D eigenvalue weighted by Crippen LogP contribution is -2.03. The Labute approximate surface area is 140 Å². The topological polar surface area (TPSA) is 30.5 Å². The van der Waals surface area contributed by atoms with Crippen LogP contribution in [0.4, 0.5) is 5.69 Å². The summed E-state index contributed by atoms with van der Waals surface area (Å²) in [7, 11) is 1.65. The van der Waals surface area contributed by atoms with Crippen molar-refractivity contribution in [1.29, 1.82) is 0 Å². The number of rotatable bonds is 6. The van der Waals surface area contributed by atoms with Crippen LogP contribution in [0, 0.1) is 13.8 Å². The van der Waals surface area contributed by atoms with Crippen molar-refractivity contribution in [3.05, 3.63) is 51.5 Å². The third kappa shape index (κ3) is 3.74. The largest absolute Gasteiger partial charge is 0.492 e. The number of halogens is 1. The summed E-state index contributed by atoms with van der Waals surface area (Å²) in [6.07, 6.45) is 0. The van der Waals surface area contributed by atoms with Gasteiger partial charge in [-0.25, -0.2) is 0 Å². The summed E-state index contributed by atoms with van der Waals surface area (Å²) in [5.74, 6) is 1.49. The van der Waals surface area contributed by atoms with E-state index in [0.717, 1.165) is 33.8 Å². The Hall–Kier alpha value is -1.68. The fourth-order valence-corrected chi connectivity index (χ4v) is 2.98. The van der Waals surface area contributed by atoms with Gasteiger partial charge in [0.1, 0.15) is 0 Å². The lowest BCUT2D eigenvalue weighted by Gasteiger charge is -2.15. The first-order chi connectivity index (χ1) is 10.6. The lowest BCUT2D eigenvalue weighted by molar-refractivity contribution is 0.309. The van der Waals surface area contributed by atoms with Crippen LogP contribution in [0.1, 0.15) is 23.6 Å².